The number of fused-ring (bicyclic) bond motifs is 1. The van der Waals surface area contributed by atoms with Crippen LogP contribution in [0.5, 0.6) is 0 Å². The Morgan fingerprint density at radius 2 is 2.23 bits per heavy atom. The molecule has 0 fully saturated rings. The van der Waals surface area contributed by atoms with Gasteiger partial charge in [0, 0.05) is 21.4 Å². The van der Waals surface area contributed by atoms with Gasteiger partial charge >= 0.3 is 0 Å². The van der Waals surface area contributed by atoms with Crippen molar-refractivity contribution in [3.63, 3.8) is 0 Å². The maximum atomic E-state index is 11.6. The minimum absolute atomic E-state index is 0.279. The van der Waals surface area contributed by atoms with Crippen LogP contribution in [0.4, 0.5) is 0 Å². The molecule has 0 bridgehead atoms. The highest BCUT2D eigenvalue weighted by Crippen LogP contribution is 2.34. The fourth-order valence-electron chi connectivity index (χ4n) is 1.42. The van der Waals surface area contributed by atoms with Crippen LogP contribution in [0.25, 0.3) is 0 Å². The van der Waals surface area contributed by atoms with Crippen molar-refractivity contribution in [2.75, 3.05) is 5.75 Å². The second-order valence-electron chi connectivity index (χ2n) is 2.99. The summed E-state index contributed by atoms with van der Waals surface area (Å²) in [6.45, 7) is 0. The highest BCUT2D eigenvalue weighted by Gasteiger charge is 2.17. The third-order valence-electron chi connectivity index (χ3n) is 2.06. The Bertz CT molecular complexity index is 349. The number of benzene rings is 1. The van der Waals surface area contributed by atoms with Crippen LogP contribution in [-0.4, -0.2) is 11.5 Å². The Hall–Kier alpha value is -0.280. The molecule has 1 aliphatic heterocycles. The van der Waals surface area contributed by atoms with Crippen molar-refractivity contribution in [2.24, 2.45) is 0 Å². The van der Waals surface area contributed by atoms with Crippen molar-refractivity contribution in [3.8, 4) is 0 Å². The molecule has 0 aromatic heterocycles. The molecule has 1 heterocycles. The first kappa shape index (κ1) is 9.28. The molecule has 1 aromatic carbocycles. The van der Waals surface area contributed by atoms with Crippen molar-refractivity contribution < 1.29 is 4.79 Å². The third kappa shape index (κ3) is 1.81. The van der Waals surface area contributed by atoms with Crippen LogP contribution in [0.3, 0.4) is 0 Å². The molecule has 0 saturated carbocycles. The highest BCUT2D eigenvalue weighted by molar-refractivity contribution is 9.10. The van der Waals surface area contributed by atoms with Crippen LogP contribution >= 0.6 is 27.7 Å². The van der Waals surface area contributed by atoms with Gasteiger partial charge in [0.25, 0.3) is 0 Å². The first-order valence-corrected chi connectivity index (χ1v) is 6.01. The zero-order valence-electron chi connectivity index (χ0n) is 7.05. The summed E-state index contributed by atoms with van der Waals surface area (Å²) in [5.41, 5.74) is 0.886. The molecule has 0 N–H and O–H groups in total. The van der Waals surface area contributed by atoms with Gasteiger partial charge in [-0.3, -0.25) is 4.79 Å². The molecule has 0 saturated heterocycles. The number of Topliss-reactive ketones (excluding diaryl/α,β-unsaturated/α-hetero) is 1. The Morgan fingerprint density at radius 1 is 1.38 bits per heavy atom. The molecule has 3 heteroatoms. The topological polar surface area (TPSA) is 17.1 Å². The van der Waals surface area contributed by atoms with E-state index in [1.165, 1.54) is 0 Å². The first-order valence-electron chi connectivity index (χ1n) is 4.23. The minimum Gasteiger partial charge on any atom is -0.294 e. The average molecular weight is 257 g/mol. The Kier molecular flexibility index (Phi) is 2.74. The molecule has 1 aromatic rings. The molecule has 0 unspecified atom stereocenters. The van der Waals surface area contributed by atoms with E-state index in [4.69, 9.17) is 0 Å². The Morgan fingerprint density at radius 3 is 3.08 bits per heavy atom. The van der Waals surface area contributed by atoms with E-state index in [1.54, 1.807) is 11.8 Å². The quantitative estimate of drug-likeness (QED) is 0.707. The molecular weight excluding hydrogens is 248 g/mol. The second-order valence-corrected chi connectivity index (χ2v) is 4.95. The lowest BCUT2D eigenvalue weighted by Crippen LogP contribution is -1.98. The second kappa shape index (κ2) is 3.84. The van der Waals surface area contributed by atoms with E-state index < -0.39 is 0 Å². The molecule has 0 amide bonds. The summed E-state index contributed by atoms with van der Waals surface area (Å²) in [6.07, 6.45) is 1.68. The maximum Gasteiger partial charge on any atom is 0.164 e. The predicted octanol–water partition coefficient (Wildman–Crippen LogP) is 3.52. The van der Waals surface area contributed by atoms with Gasteiger partial charge in [-0.15, -0.1) is 11.8 Å². The first-order chi connectivity index (χ1) is 6.29. The fourth-order valence-corrected chi connectivity index (χ4v) is 3.16. The molecule has 13 heavy (non-hydrogen) atoms. The van der Waals surface area contributed by atoms with Crippen LogP contribution in [0.2, 0.25) is 0 Å². The van der Waals surface area contributed by atoms with Crippen LogP contribution in [0.15, 0.2) is 27.6 Å². The summed E-state index contributed by atoms with van der Waals surface area (Å²) < 4.78 is 1.05. The van der Waals surface area contributed by atoms with Gasteiger partial charge in [0.15, 0.2) is 5.78 Å². The Labute approximate surface area is 90.0 Å². The van der Waals surface area contributed by atoms with Gasteiger partial charge < -0.3 is 0 Å². The largest absolute Gasteiger partial charge is 0.294 e. The maximum absolute atomic E-state index is 11.6. The zero-order valence-corrected chi connectivity index (χ0v) is 9.45. The standard InChI is InChI=1S/C10H9BrOS/c11-8-4-1-3-7-9(12)5-2-6-13-10(7)8/h1,3-4H,2,5-6H2. The monoisotopic (exact) mass is 256 g/mol. The summed E-state index contributed by atoms with van der Waals surface area (Å²) in [7, 11) is 0. The highest BCUT2D eigenvalue weighted by atomic mass is 79.9. The van der Waals surface area contributed by atoms with Crippen molar-refractivity contribution in [2.45, 2.75) is 17.7 Å². The number of hydrogen-bond acceptors (Lipinski definition) is 2. The van der Waals surface area contributed by atoms with Crippen molar-refractivity contribution in [1.82, 2.24) is 0 Å². The van der Waals surface area contributed by atoms with E-state index in [1.807, 2.05) is 18.2 Å². The molecule has 1 nitrogen and oxygen atoms in total. The van der Waals surface area contributed by atoms with Gasteiger partial charge in [0.1, 0.15) is 0 Å². The van der Waals surface area contributed by atoms with Crippen LogP contribution in [-0.2, 0) is 0 Å². The number of thioether (sulfide) groups is 1. The third-order valence-corrected chi connectivity index (χ3v) is 4.21. The smallest absolute Gasteiger partial charge is 0.164 e. The van der Waals surface area contributed by atoms with E-state index in [0.29, 0.717) is 6.42 Å². The summed E-state index contributed by atoms with van der Waals surface area (Å²) in [4.78, 5) is 12.7. The van der Waals surface area contributed by atoms with Gasteiger partial charge in [-0.2, -0.15) is 0 Å². The SMILES string of the molecule is O=C1CCCSc2c(Br)cccc21. The molecule has 0 aliphatic carbocycles. The number of ketones is 1. The fraction of sp³-hybridized carbons (Fsp3) is 0.300. The van der Waals surface area contributed by atoms with Gasteiger partial charge in [-0.25, -0.2) is 0 Å². The van der Waals surface area contributed by atoms with Crippen LogP contribution in [0, 0.1) is 0 Å². The van der Waals surface area contributed by atoms with E-state index in [-0.39, 0.29) is 5.78 Å². The van der Waals surface area contributed by atoms with E-state index in [0.717, 1.165) is 27.1 Å². The predicted molar refractivity (Wildman–Crippen MR) is 58.4 cm³/mol. The van der Waals surface area contributed by atoms with Gasteiger partial charge in [0.05, 0.1) is 0 Å². The van der Waals surface area contributed by atoms with E-state index in [9.17, 15) is 4.79 Å². The van der Waals surface area contributed by atoms with Gasteiger partial charge in [-0.1, -0.05) is 12.1 Å². The molecule has 1 aliphatic rings. The van der Waals surface area contributed by atoms with Crippen LogP contribution in [0.1, 0.15) is 23.2 Å². The molecule has 68 valence electrons. The van der Waals surface area contributed by atoms with E-state index in [2.05, 4.69) is 15.9 Å². The van der Waals surface area contributed by atoms with Gasteiger partial charge in [-0.05, 0) is 34.2 Å². The van der Waals surface area contributed by atoms with Gasteiger partial charge in [0.2, 0.25) is 0 Å². The molecule has 0 radical (unpaired) electrons. The minimum atomic E-state index is 0.279. The lowest BCUT2D eigenvalue weighted by Gasteiger charge is -2.04. The average Bonchev–Trinajstić information content (AvgIpc) is 2.30. The summed E-state index contributed by atoms with van der Waals surface area (Å²) in [5.74, 6) is 1.32. The normalized spacial score (nSPS) is 16.5. The molecular formula is C10H9BrOS. The summed E-state index contributed by atoms with van der Waals surface area (Å²) in [6, 6.07) is 5.83. The van der Waals surface area contributed by atoms with Crippen molar-refractivity contribution in [3.05, 3.63) is 28.2 Å². The molecule has 0 atom stereocenters. The number of hydrogen-bond donors (Lipinski definition) is 0. The van der Waals surface area contributed by atoms with Crippen molar-refractivity contribution >= 4 is 33.5 Å². The summed E-state index contributed by atoms with van der Waals surface area (Å²) >= 11 is 5.24. The molecule has 0 spiro atoms. The Balaban J connectivity index is 2.54. The van der Waals surface area contributed by atoms with Crippen molar-refractivity contribution in [1.29, 1.82) is 0 Å². The molecule has 2 rings (SSSR count). The van der Waals surface area contributed by atoms with Crippen LogP contribution < -0.4 is 0 Å². The van der Waals surface area contributed by atoms with E-state index >= 15 is 0 Å². The number of halogens is 1. The lowest BCUT2D eigenvalue weighted by molar-refractivity contribution is 0.0980. The number of carbonyl (C=O) groups is 1. The lowest BCUT2D eigenvalue weighted by atomic mass is 10.1. The summed E-state index contributed by atoms with van der Waals surface area (Å²) in [5, 5.41) is 0. The number of rotatable bonds is 0. The number of carbonyl (C=O) groups excluding carboxylic acids is 1. The zero-order chi connectivity index (χ0) is 9.26.